The van der Waals surface area contributed by atoms with E-state index in [9.17, 15) is 31.1 Å². The van der Waals surface area contributed by atoms with Crippen LogP contribution in [0.25, 0.3) is 0 Å². The number of carbonyl (C=O) groups is 1. The number of ketones is 1. The smallest absolute Gasteiger partial charge is 0.207 e. The molecule has 0 spiro atoms. The van der Waals surface area contributed by atoms with Crippen LogP contribution in [-0.2, 0) is 52.2 Å². The summed E-state index contributed by atoms with van der Waals surface area (Å²) < 4.78 is 61.4. The maximum Gasteiger partial charge on any atom is 0.207 e. The predicted octanol–water partition coefficient (Wildman–Crippen LogP) is 0.706. The molecule has 0 aromatic carbocycles. The molecule has 2 aliphatic rings. The topological polar surface area (TPSA) is 302 Å². The Morgan fingerprint density at radius 1 is 0.585 bits per heavy atom. The lowest BCUT2D eigenvalue weighted by molar-refractivity contribution is -0.388. The van der Waals surface area contributed by atoms with E-state index in [0.29, 0.717) is 0 Å². The number of nitriles is 7. The van der Waals surface area contributed by atoms with E-state index in [2.05, 4.69) is 0 Å². The first-order chi connectivity index (χ1) is 25.9. The van der Waals surface area contributed by atoms with Crippen molar-refractivity contribution in [2.75, 3.05) is 66.0 Å². The number of rotatable bonds is 27. The molecule has 2 saturated heterocycles. The Morgan fingerprint density at radius 3 is 1.62 bits per heavy atom. The zero-order valence-electron chi connectivity index (χ0n) is 29.3. The maximum atomic E-state index is 13.2. The summed E-state index contributed by atoms with van der Waals surface area (Å²) in [6.07, 6.45) is -9.86. The van der Waals surface area contributed by atoms with Gasteiger partial charge in [0.25, 0.3) is 0 Å². The Hall–Kier alpha value is -4.34. The van der Waals surface area contributed by atoms with Crippen LogP contribution >= 0.6 is 0 Å². The molecule has 0 aromatic rings. The zero-order chi connectivity index (χ0) is 38.7. The standard InChI is InChI=1S/C34H44N8O11/c35-7-1-14-44-23-26-28(46-15-2-8-36)30(48-17-4-10-38)31(49-18-5-11-39)33(51-26)53-34(21-25(43)22-42)32(50-19-6-12-40)29(47-16-3-9-37)27(52-34)24-45-20-13-41/h26-33H,1-6,14-24,42H2. The highest BCUT2D eigenvalue weighted by Gasteiger charge is 2.62. The van der Waals surface area contributed by atoms with E-state index >= 15 is 0 Å². The van der Waals surface area contributed by atoms with E-state index in [1.807, 2.05) is 42.5 Å². The van der Waals surface area contributed by atoms with Crippen LogP contribution in [0.3, 0.4) is 0 Å². The first-order valence-corrected chi connectivity index (χ1v) is 16.9. The third-order valence-corrected chi connectivity index (χ3v) is 7.72. The van der Waals surface area contributed by atoms with Crippen molar-refractivity contribution in [1.29, 1.82) is 36.8 Å². The second-order valence-corrected chi connectivity index (χ2v) is 11.4. The van der Waals surface area contributed by atoms with Gasteiger partial charge in [-0.3, -0.25) is 4.79 Å². The van der Waals surface area contributed by atoms with Crippen LogP contribution in [-0.4, -0.2) is 127 Å². The number of nitrogens with zero attached hydrogens (tertiary/aromatic N) is 7. The molecular formula is C34H44N8O11. The van der Waals surface area contributed by atoms with Crippen LogP contribution in [0, 0.1) is 79.3 Å². The Kier molecular flexibility index (Phi) is 22.3. The van der Waals surface area contributed by atoms with Crippen LogP contribution in [0.5, 0.6) is 0 Å². The molecule has 53 heavy (non-hydrogen) atoms. The monoisotopic (exact) mass is 740 g/mol. The lowest BCUT2D eigenvalue weighted by atomic mass is 9.96. The summed E-state index contributed by atoms with van der Waals surface area (Å²) in [5.74, 6) is -2.62. The highest BCUT2D eigenvalue weighted by atomic mass is 16.8. The summed E-state index contributed by atoms with van der Waals surface area (Å²) in [4.78, 5) is 13.2. The molecule has 2 heterocycles. The predicted molar refractivity (Wildman–Crippen MR) is 173 cm³/mol. The van der Waals surface area contributed by atoms with Crippen molar-refractivity contribution in [3.05, 3.63) is 0 Å². The SMILES string of the molecule is N#CCCOCC1OC(OC2(CC(=O)CN)OC(COCC#N)C(OCCC#N)C2OCCC#N)C(OCCC#N)C(OCCC#N)C1OCCC#N. The summed E-state index contributed by atoms with van der Waals surface area (Å²) in [6, 6.07) is 13.8. The number of ether oxygens (including phenoxy) is 10. The molecule has 2 N–H and O–H groups in total. The summed E-state index contributed by atoms with van der Waals surface area (Å²) in [5.41, 5.74) is 5.77. The molecule has 0 aliphatic carbocycles. The van der Waals surface area contributed by atoms with Crippen molar-refractivity contribution in [3.63, 3.8) is 0 Å². The van der Waals surface area contributed by atoms with Crippen LogP contribution in [0.4, 0.5) is 0 Å². The van der Waals surface area contributed by atoms with Crippen molar-refractivity contribution >= 4 is 5.78 Å². The minimum atomic E-state index is -2.08. The van der Waals surface area contributed by atoms with Gasteiger partial charge in [-0.2, -0.15) is 36.8 Å². The highest BCUT2D eigenvalue weighted by molar-refractivity contribution is 5.81. The molecular weight excluding hydrogens is 696 g/mol. The second-order valence-electron chi connectivity index (χ2n) is 11.4. The van der Waals surface area contributed by atoms with Crippen molar-refractivity contribution in [1.82, 2.24) is 0 Å². The average molecular weight is 741 g/mol. The summed E-state index contributed by atoms with van der Waals surface area (Å²) in [5, 5.41) is 64.5. The Balaban J connectivity index is 2.75. The number of carbonyl (C=O) groups excluding carboxylic acids is 1. The third kappa shape index (κ3) is 14.5. The molecule has 19 nitrogen and oxygen atoms in total. The minimum absolute atomic E-state index is 0.00558. The van der Waals surface area contributed by atoms with Crippen molar-refractivity contribution < 1.29 is 52.2 Å². The fraction of sp³-hybridized carbons (Fsp3) is 0.765. The zero-order valence-corrected chi connectivity index (χ0v) is 29.3. The van der Waals surface area contributed by atoms with E-state index in [1.165, 1.54) is 0 Å². The third-order valence-electron chi connectivity index (χ3n) is 7.72. The van der Waals surface area contributed by atoms with Gasteiger partial charge in [0.15, 0.2) is 12.1 Å². The molecule has 19 heteroatoms. The molecule has 9 atom stereocenters. The number of hydrogen-bond donors (Lipinski definition) is 1. The Bertz CT molecular complexity index is 1410. The van der Waals surface area contributed by atoms with Crippen LogP contribution in [0.2, 0.25) is 0 Å². The molecule has 2 aliphatic heterocycles. The van der Waals surface area contributed by atoms with Crippen molar-refractivity contribution in [2.24, 2.45) is 5.73 Å². The van der Waals surface area contributed by atoms with Gasteiger partial charge >= 0.3 is 0 Å². The molecule has 0 amide bonds. The van der Waals surface area contributed by atoms with E-state index in [-0.39, 0.29) is 98.0 Å². The summed E-state index contributed by atoms with van der Waals surface area (Å²) in [7, 11) is 0. The van der Waals surface area contributed by atoms with Gasteiger partial charge in [0.1, 0.15) is 49.3 Å². The van der Waals surface area contributed by atoms with Crippen molar-refractivity contribution in [3.8, 4) is 42.5 Å². The first kappa shape index (κ1) is 44.8. The quantitative estimate of drug-likeness (QED) is 0.113. The van der Waals surface area contributed by atoms with E-state index < -0.39 is 73.6 Å². The number of nitrogens with two attached hydrogens (primary N) is 1. The van der Waals surface area contributed by atoms with Crippen molar-refractivity contribution in [2.45, 2.75) is 99.8 Å². The largest absolute Gasteiger partial charge is 0.378 e. The Labute approximate surface area is 308 Å². The van der Waals surface area contributed by atoms with E-state index in [4.69, 9.17) is 63.6 Å². The van der Waals surface area contributed by atoms with Crippen LogP contribution in [0.1, 0.15) is 44.9 Å². The normalized spacial score (nSPS) is 27.6. The van der Waals surface area contributed by atoms with Gasteiger partial charge in [-0.15, -0.1) is 0 Å². The first-order valence-electron chi connectivity index (χ1n) is 16.9. The van der Waals surface area contributed by atoms with E-state index in [0.717, 1.165) is 0 Å². The number of hydrogen-bond acceptors (Lipinski definition) is 19. The van der Waals surface area contributed by atoms with Gasteiger partial charge in [0.2, 0.25) is 5.79 Å². The fourth-order valence-electron chi connectivity index (χ4n) is 5.61. The minimum Gasteiger partial charge on any atom is -0.378 e. The van der Waals surface area contributed by atoms with Gasteiger partial charge in [-0.1, -0.05) is 0 Å². The summed E-state index contributed by atoms with van der Waals surface area (Å²) >= 11 is 0. The van der Waals surface area contributed by atoms with Gasteiger partial charge in [-0.25, -0.2) is 0 Å². The van der Waals surface area contributed by atoms with E-state index in [1.54, 1.807) is 0 Å². The van der Waals surface area contributed by atoms with Gasteiger partial charge in [0.05, 0.1) is 147 Å². The average Bonchev–Trinajstić information content (AvgIpc) is 3.42. The van der Waals surface area contributed by atoms with Gasteiger partial charge in [0, 0.05) is 0 Å². The second kappa shape index (κ2) is 26.4. The molecule has 0 radical (unpaired) electrons. The molecule has 0 aromatic heterocycles. The molecule has 286 valence electrons. The van der Waals surface area contributed by atoms with Gasteiger partial charge in [-0.05, 0) is 0 Å². The highest BCUT2D eigenvalue weighted by Crippen LogP contribution is 2.43. The van der Waals surface area contributed by atoms with Crippen LogP contribution in [0.15, 0.2) is 0 Å². The number of Topliss-reactive ketones (excluding diaryl/α,β-unsaturated/α-hetero) is 1. The Morgan fingerprint density at radius 2 is 1.08 bits per heavy atom. The lowest BCUT2D eigenvalue weighted by Crippen LogP contribution is -2.64. The molecule has 0 bridgehead atoms. The lowest BCUT2D eigenvalue weighted by Gasteiger charge is -2.48. The van der Waals surface area contributed by atoms with Crippen LogP contribution < -0.4 is 5.73 Å². The molecule has 9 unspecified atom stereocenters. The van der Waals surface area contributed by atoms with Gasteiger partial charge < -0.3 is 53.1 Å². The molecule has 2 rings (SSSR count). The molecule has 2 fully saturated rings. The summed E-state index contributed by atoms with van der Waals surface area (Å²) in [6.45, 7) is -1.64. The maximum absolute atomic E-state index is 13.2. The fourth-order valence-corrected chi connectivity index (χ4v) is 5.61. The molecule has 0 saturated carbocycles.